The number of aliphatic hydroxyl groups is 1. The number of nitrogens with two attached hydrogens (primary N) is 1. The molecule has 0 radical (unpaired) electrons. The van der Waals surface area contributed by atoms with Gasteiger partial charge in [0.15, 0.2) is 0 Å². The van der Waals surface area contributed by atoms with Crippen LogP contribution in [-0.2, 0) is 6.54 Å². The molecule has 5 heteroatoms. The molecule has 0 aliphatic carbocycles. The molecule has 1 aromatic rings. The van der Waals surface area contributed by atoms with E-state index < -0.39 is 0 Å². The molecule has 76 valence electrons. The molecular formula is C9H14N4O. The first-order chi connectivity index (χ1) is 6.78. The molecular weight excluding hydrogens is 180 g/mol. The van der Waals surface area contributed by atoms with Gasteiger partial charge in [-0.1, -0.05) is 6.07 Å². The number of hydrazine groups is 1. The highest BCUT2D eigenvalue weighted by molar-refractivity contribution is 5.33. The first-order valence-corrected chi connectivity index (χ1v) is 4.61. The average molecular weight is 194 g/mol. The Labute approximate surface area is 82.5 Å². The van der Waals surface area contributed by atoms with Crippen molar-refractivity contribution in [1.29, 1.82) is 0 Å². The molecule has 14 heavy (non-hydrogen) atoms. The van der Waals surface area contributed by atoms with E-state index in [2.05, 4.69) is 15.3 Å². The van der Waals surface area contributed by atoms with Crippen molar-refractivity contribution in [2.45, 2.75) is 12.6 Å². The van der Waals surface area contributed by atoms with Gasteiger partial charge in [-0.3, -0.25) is 4.90 Å². The maximum absolute atomic E-state index is 9.10. The third-order valence-electron chi connectivity index (χ3n) is 2.28. The minimum Gasteiger partial charge on any atom is -0.390 e. The number of likely N-dealkylation sites (tertiary alicyclic amines) is 1. The van der Waals surface area contributed by atoms with Crippen LogP contribution in [0.3, 0.4) is 0 Å². The fraction of sp³-hybridized carbons (Fsp3) is 0.444. The molecule has 0 aromatic carbocycles. The number of anilines is 1. The van der Waals surface area contributed by atoms with Crippen LogP contribution in [0.1, 0.15) is 5.69 Å². The second kappa shape index (κ2) is 3.91. The number of nitrogen functional groups attached to an aromatic ring is 1. The highest BCUT2D eigenvalue weighted by Crippen LogP contribution is 2.12. The van der Waals surface area contributed by atoms with Gasteiger partial charge < -0.3 is 10.5 Å². The molecule has 4 N–H and O–H groups in total. The highest BCUT2D eigenvalue weighted by atomic mass is 16.3. The molecule has 2 rings (SSSR count). The van der Waals surface area contributed by atoms with Crippen LogP contribution in [0.15, 0.2) is 18.2 Å². The molecule has 0 bridgehead atoms. The lowest BCUT2D eigenvalue weighted by Crippen LogP contribution is -2.49. The summed E-state index contributed by atoms with van der Waals surface area (Å²) in [5.74, 6) is 5.92. The van der Waals surface area contributed by atoms with Gasteiger partial charge in [-0.2, -0.15) is 0 Å². The van der Waals surface area contributed by atoms with Gasteiger partial charge in [-0.15, -0.1) is 0 Å². The van der Waals surface area contributed by atoms with Crippen LogP contribution >= 0.6 is 0 Å². The molecule has 0 unspecified atom stereocenters. The van der Waals surface area contributed by atoms with Gasteiger partial charge in [0.05, 0.1) is 11.8 Å². The van der Waals surface area contributed by atoms with Crippen LogP contribution in [0.4, 0.5) is 5.82 Å². The summed E-state index contributed by atoms with van der Waals surface area (Å²) in [6.07, 6.45) is -0.161. The van der Waals surface area contributed by atoms with Crippen molar-refractivity contribution >= 4 is 5.82 Å². The SMILES string of the molecule is NNc1cccc(CN2CC(O)C2)n1. The lowest BCUT2D eigenvalue weighted by Gasteiger charge is -2.35. The smallest absolute Gasteiger partial charge is 0.140 e. The number of aliphatic hydroxyl groups excluding tert-OH is 1. The minimum absolute atomic E-state index is 0.161. The monoisotopic (exact) mass is 194 g/mol. The van der Waals surface area contributed by atoms with E-state index in [9.17, 15) is 0 Å². The summed E-state index contributed by atoms with van der Waals surface area (Å²) in [7, 11) is 0. The topological polar surface area (TPSA) is 74.4 Å². The van der Waals surface area contributed by atoms with Crippen molar-refractivity contribution in [3.05, 3.63) is 23.9 Å². The van der Waals surface area contributed by atoms with E-state index in [-0.39, 0.29) is 6.10 Å². The zero-order valence-electron chi connectivity index (χ0n) is 7.85. The summed E-state index contributed by atoms with van der Waals surface area (Å²) in [4.78, 5) is 6.41. The van der Waals surface area contributed by atoms with E-state index in [1.54, 1.807) is 0 Å². The third-order valence-corrected chi connectivity index (χ3v) is 2.28. The average Bonchev–Trinajstić information content (AvgIpc) is 2.16. The molecule has 5 nitrogen and oxygen atoms in total. The number of aromatic nitrogens is 1. The molecule has 0 amide bonds. The molecule has 1 fully saturated rings. The Morgan fingerprint density at radius 1 is 1.57 bits per heavy atom. The number of hydrogen-bond acceptors (Lipinski definition) is 5. The summed E-state index contributed by atoms with van der Waals surface area (Å²) in [6.45, 7) is 2.25. The maximum atomic E-state index is 9.10. The largest absolute Gasteiger partial charge is 0.390 e. The Bertz CT molecular complexity index is 311. The fourth-order valence-electron chi connectivity index (χ4n) is 1.55. The Kier molecular flexibility index (Phi) is 2.62. The van der Waals surface area contributed by atoms with Crippen molar-refractivity contribution in [2.24, 2.45) is 5.84 Å². The van der Waals surface area contributed by atoms with Crippen LogP contribution in [0.5, 0.6) is 0 Å². The second-order valence-electron chi connectivity index (χ2n) is 3.51. The van der Waals surface area contributed by atoms with Crippen molar-refractivity contribution in [2.75, 3.05) is 18.5 Å². The number of rotatable bonds is 3. The first kappa shape index (κ1) is 9.39. The Balaban J connectivity index is 1.95. The van der Waals surface area contributed by atoms with Gasteiger partial charge in [-0.05, 0) is 12.1 Å². The summed E-state index contributed by atoms with van der Waals surface area (Å²) in [5.41, 5.74) is 3.47. The van der Waals surface area contributed by atoms with E-state index in [1.807, 2.05) is 18.2 Å². The number of nitrogens with zero attached hydrogens (tertiary/aromatic N) is 2. The Hall–Kier alpha value is -1.17. The zero-order valence-corrected chi connectivity index (χ0v) is 7.85. The molecule has 1 saturated heterocycles. The van der Waals surface area contributed by atoms with E-state index in [0.717, 1.165) is 25.3 Å². The van der Waals surface area contributed by atoms with Crippen LogP contribution in [-0.4, -0.2) is 34.2 Å². The van der Waals surface area contributed by atoms with Gasteiger partial charge in [-0.25, -0.2) is 10.8 Å². The summed E-state index contributed by atoms with van der Waals surface area (Å²) < 4.78 is 0. The van der Waals surface area contributed by atoms with Crippen molar-refractivity contribution < 1.29 is 5.11 Å². The van der Waals surface area contributed by atoms with Gasteiger partial charge >= 0.3 is 0 Å². The molecule has 1 aromatic heterocycles. The van der Waals surface area contributed by atoms with Crippen LogP contribution in [0, 0.1) is 0 Å². The summed E-state index contributed by atoms with van der Waals surface area (Å²) >= 11 is 0. The van der Waals surface area contributed by atoms with Crippen LogP contribution < -0.4 is 11.3 Å². The molecule has 2 heterocycles. The maximum Gasteiger partial charge on any atom is 0.140 e. The summed E-state index contributed by atoms with van der Waals surface area (Å²) in [6, 6.07) is 5.67. The molecule has 1 aliphatic heterocycles. The van der Waals surface area contributed by atoms with Gasteiger partial charge in [0.2, 0.25) is 0 Å². The van der Waals surface area contributed by atoms with E-state index >= 15 is 0 Å². The highest BCUT2D eigenvalue weighted by Gasteiger charge is 2.24. The van der Waals surface area contributed by atoms with E-state index in [4.69, 9.17) is 10.9 Å². The fourth-order valence-corrected chi connectivity index (χ4v) is 1.55. The standard InChI is InChI=1S/C9H14N4O/c10-12-9-3-1-2-7(11-9)4-13-5-8(14)6-13/h1-3,8,14H,4-6,10H2,(H,11,12). The zero-order chi connectivity index (χ0) is 9.97. The normalized spacial score (nSPS) is 17.9. The van der Waals surface area contributed by atoms with Gasteiger partial charge in [0, 0.05) is 19.6 Å². The lowest BCUT2D eigenvalue weighted by molar-refractivity contribution is -0.00351. The van der Waals surface area contributed by atoms with Crippen LogP contribution in [0.2, 0.25) is 0 Å². The van der Waals surface area contributed by atoms with Gasteiger partial charge in [0.1, 0.15) is 5.82 Å². The molecule has 0 atom stereocenters. The number of β-amino-alcohol motifs (C(OH)–C–C–N with tert-alkyl or cyclic N) is 1. The van der Waals surface area contributed by atoms with Crippen LogP contribution in [0.25, 0.3) is 0 Å². The number of pyridine rings is 1. The Morgan fingerprint density at radius 3 is 3.00 bits per heavy atom. The number of nitrogens with one attached hydrogen (secondary N) is 1. The first-order valence-electron chi connectivity index (χ1n) is 4.61. The Morgan fingerprint density at radius 2 is 2.36 bits per heavy atom. The predicted octanol–water partition coefficient (Wildman–Crippen LogP) is -0.456. The quantitative estimate of drug-likeness (QED) is 0.448. The van der Waals surface area contributed by atoms with Gasteiger partial charge in [0.25, 0.3) is 0 Å². The third kappa shape index (κ3) is 2.01. The summed E-state index contributed by atoms with van der Waals surface area (Å²) in [5, 5.41) is 9.10. The van der Waals surface area contributed by atoms with Crippen molar-refractivity contribution in [3.63, 3.8) is 0 Å². The number of hydrogen-bond donors (Lipinski definition) is 3. The lowest BCUT2D eigenvalue weighted by atomic mass is 10.1. The minimum atomic E-state index is -0.161. The predicted molar refractivity (Wildman–Crippen MR) is 53.3 cm³/mol. The van der Waals surface area contributed by atoms with E-state index in [1.165, 1.54) is 0 Å². The molecule has 1 aliphatic rings. The molecule has 0 saturated carbocycles. The van der Waals surface area contributed by atoms with E-state index in [0.29, 0.717) is 5.82 Å². The second-order valence-corrected chi connectivity index (χ2v) is 3.51. The van der Waals surface area contributed by atoms with Crippen molar-refractivity contribution in [1.82, 2.24) is 9.88 Å². The van der Waals surface area contributed by atoms with Crippen molar-refractivity contribution in [3.8, 4) is 0 Å². The molecule has 0 spiro atoms.